The second-order valence-corrected chi connectivity index (χ2v) is 9.06. The van der Waals surface area contributed by atoms with E-state index in [-0.39, 0.29) is 5.41 Å². The first-order valence-corrected chi connectivity index (χ1v) is 9.24. The number of thiophene rings is 1. The molecule has 0 saturated carbocycles. The van der Waals surface area contributed by atoms with Gasteiger partial charge < -0.3 is 10.1 Å². The van der Waals surface area contributed by atoms with Gasteiger partial charge in [0.15, 0.2) is 0 Å². The van der Waals surface area contributed by atoms with E-state index in [9.17, 15) is 8.42 Å². The van der Waals surface area contributed by atoms with Crippen LogP contribution in [-0.4, -0.2) is 35.7 Å². The molecular formula is C14H26N2O3S2. The molecule has 5 nitrogen and oxygen atoms in total. The summed E-state index contributed by atoms with van der Waals surface area (Å²) in [5, 5.41) is 3.05. The highest BCUT2D eigenvalue weighted by molar-refractivity contribution is 7.91. The lowest BCUT2D eigenvalue weighted by atomic mass is 9.90. The van der Waals surface area contributed by atoms with Gasteiger partial charge in [0.2, 0.25) is 10.0 Å². The number of sulfonamides is 1. The van der Waals surface area contributed by atoms with Crippen LogP contribution >= 0.6 is 11.3 Å². The van der Waals surface area contributed by atoms with Crippen molar-refractivity contribution in [3.8, 4) is 0 Å². The third-order valence-corrected chi connectivity index (χ3v) is 6.44. The summed E-state index contributed by atoms with van der Waals surface area (Å²) >= 11 is 1.32. The summed E-state index contributed by atoms with van der Waals surface area (Å²) in [6, 6.07) is 1.74. The first-order valence-electron chi connectivity index (χ1n) is 6.94. The van der Waals surface area contributed by atoms with Gasteiger partial charge in [-0.15, -0.1) is 11.3 Å². The monoisotopic (exact) mass is 334 g/mol. The Bertz CT molecular complexity index is 551. The molecule has 1 heterocycles. The Morgan fingerprint density at radius 2 is 2.05 bits per heavy atom. The topological polar surface area (TPSA) is 67.4 Å². The van der Waals surface area contributed by atoms with Crippen LogP contribution < -0.4 is 10.0 Å². The van der Waals surface area contributed by atoms with Gasteiger partial charge in [0.05, 0.1) is 0 Å². The number of hydrogen-bond acceptors (Lipinski definition) is 5. The lowest BCUT2D eigenvalue weighted by Gasteiger charge is -2.24. The average molecular weight is 335 g/mol. The number of rotatable bonds is 9. The maximum atomic E-state index is 12.4. The van der Waals surface area contributed by atoms with Crippen LogP contribution in [0.15, 0.2) is 10.3 Å². The van der Waals surface area contributed by atoms with Crippen molar-refractivity contribution in [3.05, 3.63) is 16.5 Å². The molecule has 0 amide bonds. The molecule has 0 aliphatic heterocycles. The first kappa shape index (κ1) is 18.6. The number of hydrogen-bond donors (Lipinski definition) is 2. The Morgan fingerprint density at radius 3 is 2.62 bits per heavy atom. The van der Waals surface area contributed by atoms with E-state index in [0.717, 1.165) is 16.9 Å². The van der Waals surface area contributed by atoms with E-state index in [2.05, 4.69) is 10.0 Å². The second-order valence-electron chi connectivity index (χ2n) is 5.93. The van der Waals surface area contributed by atoms with Crippen LogP contribution in [-0.2, 0) is 21.3 Å². The van der Waals surface area contributed by atoms with E-state index in [1.165, 1.54) is 11.3 Å². The minimum atomic E-state index is -3.44. The van der Waals surface area contributed by atoms with Gasteiger partial charge in [-0.05, 0) is 37.4 Å². The minimum absolute atomic E-state index is 0.136. The molecule has 0 aliphatic rings. The molecule has 21 heavy (non-hydrogen) atoms. The fourth-order valence-electron chi connectivity index (χ4n) is 1.79. The van der Waals surface area contributed by atoms with Gasteiger partial charge in [-0.1, -0.05) is 13.8 Å². The fourth-order valence-corrected chi connectivity index (χ4v) is 4.67. The molecule has 1 aromatic rings. The molecule has 1 rings (SSSR count). The van der Waals surface area contributed by atoms with Crippen LogP contribution in [0.25, 0.3) is 0 Å². The first-order chi connectivity index (χ1) is 9.72. The van der Waals surface area contributed by atoms with Crippen molar-refractivity contribution in [1.82, 2.24) is 10.0 Å². The van der Waals surface area contributed by atoms with Gasteiger partial charge in [0, 0.05) is 31.7 Å². The Morgan fingerprint density at radius 1 is 1.38 bits per heavy atom. The fraction of sp³-hybridized carbons (Fsp3) is 0.714. The normalized spacial score (nSPS) is 12.8. The third-order valence-electron chi connectivity index (χ3n) is 3.32. The van der Waals surface area contributed by atoms with Gasteiger partial charge >= 0.3 is 0 Å². The lowest BCUT2D eigenvalue weighted by Crippen LogP contribution is -2.34. The smallest absolute Gasteiger partial charge is 0.250 e. The van der Waals surface area contributed by atoms with E-state index >= 15 is 0 Å². The molecule has 0 bridgehead atoms. The van der Waals surface area contributed by atoms with Gasteiger partial charge in [0.25, 0.3) is 0 Å². The zero-order valence-electron chi connectivity index (χ0n) is 13.4. The molecule has 0 saturated heterocycles. The Balaban J connectivity index is 2.75. The number of nitrogens with one attached hydrogen (secondary N) is 2. The Hall–Kier alpha value is -0.470. The molecule has 0 fully saturated rings. The van der Waals surface area contributed by atoms with Crippen molar-refractivity contribution in [2.75, 3.05) is 27.3 Å². The van der Waals surface area contributed by atoms with E-state index < -0.39 is 10.0 Å². The molecule has 7 heteroatoms. The molecular weight excluding hydrogens is 308 g/mol. The zero-order valence-corrected chi connectivity index (χ0v) is 15.1. The van der Waals surface area contributed by atoms with Crippen molar-refractivity contribution in [2.24, 2.45) is 5.41 Å². The van der Waals surface area contributed by atoms with Crippen molar-refractivity contribution in [3.63, 3.8) is 0 Å². The summed E-state index contributed by atoms with van der Waals surface area (Å²) in [5.41, 5.74) is 0.872. The highest BCUT2D eigenvalue weighted by Crippen LogP contribution is 2.27. The van der Waals surface area contributed by atoms with Crippen molar-refractivity contribution in [1.29, 1.82) is 0 Å². The van der Waals surface area contributed by atoms with Crippen LogP contribution in [0.1, 0.15) is 30.7 Å². The summed E-state index contributed by atoms with van der Waals surface area (Å²) in [4.78, 5) is 1.05. The number of ether oxygens (including phenoxy) is 1. The second kappa shape index (κ2) is 7.69. The van der Waals surface area contributed by atoms with Gasteiger partial charge in [-0.25, -0.2) is 13.1 Å². The molecule has 0 aromatic carbocycles. The summed E-state index contributed by atoms with van der Waals surface area (Å²) < 4.78 is 32.9. The molecule has 0 spiro atoms. The van der Waals surface area contributed by atoms with E-state index in [4.69, 9.17) is 4.74 Å². The number of aryl methyl sites for hydroxylation is 1. The third kappa shape index (κ3) is 5.67. The SMILES string of the molecule is CNCc1sc(S(=O)(=O)NCC(C)(C)CCOC)cc1C. The summed E-state index contributed by atoms with van der Waals surface area (Å²) in [7, 11) is 0.0633. The standard InChI is InChI=1S/C14H26N2O3S2/c1-11-8-13(20-12(11)9-15-4)21(17,18)16-10-14(2,3)6-7-19-5/h8,15-16H,6-7,9-10H2,1-5H3. The number of methoxy groups -OCH3 is 1. The zero-order chi connectivity index (χ0) is 16.1. The maximum absolute atomic E-state index is 12.4. The molecule has 0 aliphatic carbocycles. The largest absolute Gasteiger partial charge is 0.385 e. The lowest BCUT2D eigenvalue weighted by molar-refractivity contribution is 0.153. The van der Waals surface area contributed by atoms with Crippen LogP contribution in [0.5, 0.6) is 0 Å². The molecule has 122 valence electrons. The van der Waals surface area contributed by atoms with Gasteiger partial charge in [-0.2, -0.15) is 0 Å². The molecule has 0 atom stereocenters. The summed E-state index contributed by atoms with van der Waals surface area (Å²) in [5.74, 6) is 0. The Labute approximate surface area is 132 Å². The van der Waals surface area contributed by atoms with E-state index in [0.29, 0.717) is 23.9 Å². The Kier molecular flexibility index (Phi) is 6.80. The van der Waals surface area contributed by atoms with Crippen LogP contribution in [0, 0.1) is 12.3 Å². The highest BCUT2D eigenvalue weighted by Gasteiger charge is 2.24. The average Bonchev–Trinajstić information content (AvgIpc) is 2.78. The molecule has 0 radical (unpaired) electrons. The highest BCUT2D eigenvalue weighted by atomic mass is 32.2. The summed E-state index contributed by atoms with van der Waals surface area (Å²) in [6.07, 6.45) is 0.806. The molecule has 2 N–H and O–H groups in total. The van der Waals surface area contributed by atoms with Crippen molar-refractivity contribution >= 4 is 21.4 Å². The molecule has 0 unspecified atom stereocenters. The minimum Gasteiger partial charge on any atom is -0.385 e. The predicted octanol–water partition coefficient (Wildman–Crippen LogP) is 2.12. The van der Waals surface area contributed by atoms with Crippen LogP contribution in [0.4, 0.5) is 0 Å². The molecule has 1 aromatic heterocycles. The quantitative estimate of drug-likeness (QED) is 0.726. The van der Waals surface area contributed by atoms with E-state index in [1.54, 1.807) is 13.2 Å². The van der Waals surface area contributed by atoms with Crippen LogP contribution in [0.2, 0.25) is 0 Å². The predicted molar refractivity (Wildman–Crippen MR) is 87.3 cm³/mol. The van der Waals surface area contributed by atoms with Gasteiger partial charge in [0.1, 0.15) is 4.21 Å². The van der Waals surface area contributed by atoms with Crippen molar-refractivity contribution in [2.45, 2.75) is 37.9 Å². The van der Waals surface area contributed by atoms with Crippen LogP contribution in [0.3, 0.4) is 0 Å². The maximum Gasteiger partial charge on any atom is 0.250 e. The van der Waals surface area contributed by atoms with Gasteiger partial charge in [-0.3, -0.25) is 0 Å². The van der Waals surface area contributed by atoms with E-state index in [1.807, 2.05) is 27.8 Å². The summed E-state index contributed by atoms with van der Waals surface area (Å²) in [6.45, 7) is 7.70. The van der Waals surface area contributed by atoms with Crippen molar-refractivity contribution < 1.29 is 13.2 Å².